The van der Waals surface area contributed by atoms with Gasteiger partial charge in [-0.2, -0.15) is 0 Å². The number of likely N-dealkylation sites (tertiary alicyclic amines) is 1. The van der Waals surface area contributed by atoms with Crippen LogP contribution in [-0.4, -0.2) is 42.5 Å². The molecule has 2 aliphatic rings. The summed E-state index contributed by atoms with van der Waals surface area (Å²) in [5.74, 6) is 1.05. The first-order chi connectivity index (χ1) is 7.31. The van der Waals surface area contributed by atoms with Gasteiger partial charge in [0.2, 0.25) is 6.41 Å². The van der Waals surface area contributed by atoms with Crippen LogP contribution in [0.25, 0.3) is 0 Å². The van der Waals surface area contributed by atoms with Crippen LogP contribution in [0.15, 0.2) is 24.4 Å². The molecule has 4 heteroatoms. The van der Waals surface area contributed by atoms with Crippen LogP contribution in [0.5, 0.6) is 0 Å². The lowest BCUT2D eigenvalue weighted by Gasteiger charge is -2.59. The van der Waals surface area contributed by atoms with Crippen molar-refractivity contribution in [3.8, 4) is 0 Å². The van der Waals surface area contributed by atoms with Gasteiger partial charge in [-0.1, -0.05) is 6.07 Å². The van der Waals surface area contributed by atoms with Gasteiger partial charge in [0, 0.05) is 37.8 Å². The minimum atomic E-state index is 0.373. The highest BCUT2D eigenvalue weighted by Gasteiger charge is 2.51. The average molecular weight is 203 g/mol. The molecule has 2 aliphatic heterocycles. The van der Waals surface area contributed by atoms with Gasteiger partial charge in [-0.3, -0.25) is 4.79 Å². The van der Waals surface area contributed by atoms with Crippen molar-refractivity contribution in [2.24, 2.45) is 5.41 Å². The average Bonchev–Trinajstić information content (AvgIpc) is 2.16. The van der Waals surface area contributed by atoms with Gasteiger partial charge in [0.15, 0.2) is 0 Å². The lowest BCUT2D eigenvalue weighted by Crippen LogP contribution is -2.72. The van der Waals surface area contributed by atoms with Crippen LogP contribution in [0.4, 0.5) is 5.82 Å². The van der Waals surface area contributed by atoms with Gasteiger partial charge >= 0.3 is 0 Å². The zero-order valence-corrected chi connectivity index (χ0v) is 8.47. The molecular weight excluding hydrogens is 190 g/mol. The molecule has 1 spiro atoms. The summed E-state index contributed by atoms with van der Waals surface area (Å²) < 4.78 is 0. The molecule has 0 unspecified atom stereocenters. The van der Waals surface area contributed by atoms with Crippen molar-refractivity contribution in [2.45, 2.75) is 0 Å². The summed E-state index contributed by atoms with van der Waals surface area (Å²) in [5.41, 5.74) is 0.373. The van der Waals surface area contributed by atoms with E-state index in [0.29, 0.717) is 5.41 Å². The number of rotatable bonds is 2. The zero-order valence-electron chi connectivity index (χ0n) is 8.47. The van der Waals surface area contributed by atoms with E-state index in [2.05, 4.69) is 9.88 Å². The van der Waals surface area contributed by atoms with E-state index < -0.39 is 0 Å². The molecule has 0 atom stereocenters. The number of hydrogen-bond donors (Lipinski definition) is 0. The van der Waals surface area contributed by atoms with Crippen molar-refractivity contribution in [3.05, 3.63) is 24.4 Å². The van der Waals surface area contributed by atoms with Crippen molar-refractivity contribution < 1.29 is 4.79 Å². The Morgan fingerprint density at radius 3 is 2.67 bits per heavy atom. The fourth-order valence-corrected chi connectivity index (χ4v) is 2.56. The third-order valence-corrected chi connectivity index (χ3v) is 3.25. The smallest absolute Gasteiger partial charge is 0.209 e. The molecule has 2 fully saturated rings. The molecule has 1 aromatic heterocycles. The van der Waals surface area contributed by atoms with E-state index in [9.17, 15) is 4.79 Å². The number of amides is 1. The number of carbonyl (C=O) groups is 1. The van der Waals surface area contributed by atoms with Crippen LogP contribution in [0.1, 0.15) is 0 Å². The molecule has 4 nitrogen and oxygen atoms in total. The van der Waals surface area contributed by atoms with E-state index in [0.717, 1.165) is 38.4 Å². The van der Waals surface area contributed by atoms with Crippen LogP contribution >= 0.6 is 0 Å². The van der Waals surface area contributed by atoms with E-state index in [1.165, 1.54) is 0 Å². The first-order valence-electron chi connectivity index (χ1n) is 5.17. The standard InChI is InChI=1S/C11H13N3O/c15-9-13-5-11(6-13)7-14(8-11)10-3-1-2-4-12-10/h1-4,9H,5-8H2. The highest BCUT2D eigenvalue weighted by Crippen LogP contribution is 2.40. The molecular formula is C11H13N3O. The molecule has 3 heterocycles. The third-order valence-electron chi connectivity index (χ3n) is 3.25. The summed E-state index contributed by atoms with van der Waals surface area (Å²) in [4.78, 5) is 18.9. The molecule has 0 aromatic carbocycles. The van der Waals surface area contributed by atoms with Crippen molar-refractivity contribution in [3.63, 3.8) is 0 Å². The normalized spacial score (nSPS) is 22.1. The van der Waals surface area contributed by atoms with Gasteiger partial charge < -0.3 is 9.80 Å². The Kier molecular flexibility index (Phi) is 1.71. The summed E-state index contributed by atoms with van der Waals surface area (Å²) in [6.07, 6.45) is 2.76. The molecule has 0 radical (unpaired) electrons. The van der Waals surface area contributed by atoms with Gasteiger partial charge in [-0.25, -0.2) is 4.98 Å². The number of carbonyl (C=O) groups excluding carboxylic acids is 1. The van der Waals surface area contributed by atoms with Gasteiger partial charge in [0.05, 0.1) is 0 Å². The van der Waals surface area contributed by atoms with E-state index >= 15 is 0 Å². The molecule has 15 heavy (non-hydrogen) atoms. The maximum Gasteiger partial charge on any atom is 0.209 e. The van der Waals surface area contributed by atoms with Gasteiger partial charge in [-0.15, -0.1) is 0 Å². The van der Waals surface area contributed by atoms with E-state index in [1.807, 2.05) is 29.3 Å². The Bertz CT molecular complexity index is 365. The molecule has 1 amide bonds. The summed E-state index contributed by atoms with van der Waals surface area (Å²) in [6, 6.07) is 5.96. The monoisotopic (exact) mass is 203 g/mol. The Labute approximate surface area is 88.5 Å². The molecule has 0 aliphatic carbocycles. The van der Waals surface area contributed by atoms with Crippen molar-refractivity contribution in [2.75, 3.05) is 31.1 Å². The predicted molar refractivity (Wildman–Crippen MR) is 56.5 cm³/mol. The topological polar surface area (TPSA) is 36.4 Å². The first-order valence-corrected chi connectivity index (χ1v) is 5.17. The summed E-state index contributed by atoms with van der Waals surface area (Å²) >= 11 is 0. The lowest BCUT2D eigenvalue weighted by atomic mass is 9.73. The van der Waals surface area contributed by atoms with Crippen LogP contribution in [0.3, 0.4) is 0 Å². The Morgan fingerprint density at radius 2 is 2.07 bits per heavy atom. The minimum absolute atomic E-state index is 0.373. The SMILES string of the molecule is O=CN1CC2(C1)CN(c1ccccn1)C2. The van der Waals surface area contributed by atoms with Gasteiger partial charge in [0.25, 0.3) is 0 Å². The zero-order chi connectivity index (χ0) is 10.3. The second-order valence-corrected chi connectivity index (χ2v) is 4.55. The Hall–Kier alpha value is -1.58. The largest absolute Gasteiger partial charge is 0.355 e. The summed E-state index contributed by atoms with van der Waals surface area (Å²) in [7, 11) is 0. The molecule has 2 saturated heterocycles. The molecule has 0 saturated carbocycles. The van der Waals surface area contributed by atoms with Crippen molar-refractivity contribution in [1.82, 2.24) is 9.88 Å². The third kappa shape index (κ3) is 1.28. The number of nitrogens with zero attached hydrogens (tertiary/aromatic N) is 3. The number of anilines is 1. The number of pyridine rings is 1. The maximum absolute atomic E-state index is 10.5. The van der Waals surface area contributed by atoms with Gasteiger partial charge in [-0.05, 0) is 12.1 Å². The molecule has 0 bridgehead atoms. The molecule has 0 N–H and O–H groups in total. The molecule has 78 valence electrons. The second-order valence-electron chi connectivity index (χ2n) is 4.55. The molecule has 1 aromatic rings. The van der Waals surface area contributed by atoms with Crippen LogP contribution < -0.4 is 4.90 Å². The van der Waals surface area contributed by atoms with E-state index in [4.69, 9.17) is 0 Å². The van der Waals surface area contributed by atoms with Gasteiger partial charge in [0.1, 0.15) is 5.82 Å². The summed E-state index contributed by atoms with van der Waals surface area (Å²) in [6.45, 7) is 3.91. The Morgan fingerprint density at radius 1 is 1.27 bits per heavy atom. The molecule has 3 rings (SSSR count). The van der Waals surface area contributed by atoms with Crippen LogP contribution in [-0.2, 0) is 4.79 Å². The first kappa shape index (κ1) is 8.71. The minimum Gasteiger partial charge on any atom is -0.355 e. The van der Waals surface area contributed by atoms with Crippen molar-refractivity contribution >= 4 is 12.2 Å². The van der Waals surface area contributed by atoms with Crippen molar-refractivity contribution in [1.29, 1.82) is 0 Å². The lowest BCUT2D eigenvalue weighted by molar-refractivity contribution is -0.130. The fraction of sp³-hybridized carbons (Fsp3) is 0.455. The van der Waals surface area contributed by atoms with Crippen LogP contribution in [0.2, 0.25) is 0 Å². The number of aromatic nitrogens is 1. The second kappa shape index (κ2) is 2.95. The number of hydrogen-bond acceptors (Lipinski definition) is 3. The quantitative estimate of drug-likeness (QED) is 0.651. The Balaban J connectivity index is 1.61. The van der Waals surface area contributed by atoms with E-state index in [-0.39, 0.29) is 0 Å². The summed E-state index contributed by atoms with van der Waals surface area (Å²) in [5, 5.41) is 0. The van der Waals surface area contributed by atoms with Crippen LogP contribution in [0, 0.1) is 5.41 Å². The highest BCUT2D eigenvalue weighted by molar-refractivity contribution is 5.52. The maximum atomic E-state index is 10.5. The van der Waals surface area contributed by atoms with E-state index in [1.54, 1.807) is 0 Å². The fourth-order valence-electron chi connectivity index (χ4n) is 2.56. The predicted octanol–water partition coefficient (Wildman–Crippen LogP) is 0.360. The highest BCUT2D eigenvalue weighted by atomic mass is 16.1.